The van der Waals surface area contributed by atoms with Gasteiger partial charge < -0.3 is 93.3 Å². The van der Waals surface area contributed by atoms with Crippen LogP contribution >= 0.6 is 0 Å². The highest BCUT2D eigenvalue weighted by Crippen LogP contribution is 2.47. The molecule has 4 saturated heterocycles. The van der Waals surface area contributed by atoms with E-state index >= 15 is 0 Å². The second-order valence-corrected chi connectivity index (χ2v) is 23.0. The number of fused-ring (bicyclic) bond motifs is 2. The van der Waals surface area contributed by atoms with Crippen LogP contribution in [0.15, 0.2) is 18.7 Å². The van der Waals surface area contributed by atoms with Gasteiger partial charge in [0.2, 0.25) is 6.29 Å². The van der Waals surface area contributed by atoms with Gasteiger partial charge in [0.05, 0.1) is 78.8 Å². The fourth-order valence-electron chi connectivity index (χ4n) is 12.6. The molecule has 2 aromatic carbocycles. The number of rotatable bonds is 15. The average Bonchev–Trinajstić information content (AvgIpc) is 3.34. The topological polar surface area (TPSA) is 291 Å². The number of hydrogen-bond donors (Lipinski definition) is 9. The van der Waals surface area contributed by atoms with Gasteiger partial charge in [-0.25, -0.2) is 0 Å². The zero-order valence-electron chi connectivity index (χ0n) is 45.7. The van der Waals surface area contributed by atoms with E-state index in [1.807, 2.05) is 39.8 Å². The van der Waals surface area contributed by atoms with Crippen LogP contribution in [-0.2, 0) is 53.8 Å². The normalized spacial score (nSPS) is 42.5. The van der Waals surface area contributed by atoms with Crippen molar-refractivity contribution in [1.82, 2.24) is 0 Å². The molecule has 6 aliphatic rings. The van der Waals surface area contributed by atoms with Crippen molar-refractivity contribution in [1.29, 1.82) is 0 Å². The Labute approximate surface area is 445 Å². The fraction of sp³-hybridized carbons (Fsp3) is 0.768. The lowest BCUT2D eigenvalue weighted by Crippen LogP contribution is -2.58. The van der Waals surface area contributed by atoms with Gasteiger partial charge in [-0.2, -0.15) is 0 Å². The maximum Gasteiger partial charge on any atom is 0.202 e. The summed E-state index contributed by atoms with van der Waals surface area (Å²) in [7, 11) is 1.38. The zero-order valence-corrected chi connectivity index (χ0v) is 45.7. The van der Waals surface area contributed by atoms with E-state index < -0.39 is 152 Å². The predicted molar refractivity (Wildman–Crippen MR) is 273 cm³/mol. The molecule has 0 amide bonds. The number of ketones is 1. The van der Waals surface area contributed by atoms with Crippen molar-refractivity contribution in [2.45, 2.75) is 255 Å². The maximum absolute atomic E-state index is 14.1. The average molecular weight is 1080 g/mol. The summed E-state index contributed by atoms with van der Waals surface area (Å²) in [6.45, 7) is 22.0. The van der Waals surface area contributed by atoms with E-state index in [2.05, 4.69) is 6.58 Å². The summed E-state index contributed by atoms with van der Waals surface area (Å²) in [5.41, 5.74) is 3.47. The molecular formula is C56H84O20. The number of carbonyl (C=O) groups excluding carboxylic acids is 1. The van der Waals surface area contributed by atoms with Crippen LogP contribution in [0.4, 0.5) is 0 Å². The van der Waals surface area contributed by atoms with E-state index in [0.29, 0.717) is 17.7 Å². The Balaban J connectivity index is 1.04. The monoisotopic (exact) mass is 1080 g/mol. The van der Waals surface area contributed by atoms with Gasteiger partial charge in [0.15, 0.2) is 24.7 Å². The van der Waals surface area contributed by atoms with Crippen LogP contribution in [0.2, 0.25) is 0 Å². The van der Waals surface area contributed by atoms with Gasteiger partial charge in [-0.15, -0.1) is 0 Å². The molecular weight excluding hydrogens is 993 g/mol. The van der Waals surface area contributed by atoms with E-state index in [4.69, 9.17) is 47.4 Å². The van der Waals surface area contributed by atoms with Crippen molar-refractivity contribution in [3.05, 3.63) is 46.5 Å². The van der Waals surface area contributed by atoms with Gasteiger partial charge in [0, 0.05) is 45.1 Å². The minimum atomic E-state index is -1.75. The van der Waals surface area contributed by atoms with E-state index in [1.54, 1.807) is 27.7 Å². The maximum atomic E-state index is 14.1. The summed E-state index contributed by atoms with van der Waals surface area (Å²) in [6, 6.07) is 3.96. The molecule has 0 aromatic heterocycles. The highest BCUT2D eigenvalue weighted by atomic mass is 16.7. The number of methoxy groups -OCH3 is 1. The number of aryl methyl sites for hydroxylation is 2. The molecule has 20 heteroatoms. The minimum Gasteiger partial charge on any atom is -0.465 e. The Hall–Kier alpha value is -2.81. The van der Waals surface area contributed by atoms with Crippen molar-refractivity contribution in [2.75, 3.05) is 7.11 Å². The third-order valence-corrected chi connectivity index (χ3v) is 17.1. The molecule has 8 rings (SSSR count). The van der Waals surface area contributed by atoms with Gasteiger partial charge >= 0.3 is 0 Å². The SMILES string of the molecule is C=C1c2c(cc3cc(O[C@H]4C[C@@H](O[C@H]5C[C@@H](O)[C@H](O)[C@@H](C)O5)[C@H](O)[C@@H](C)O4)c(C)c(C)c3c2C)C[C@@H]([C@H](OC)C(=O)[C@@H](O)[C@@H](C)O)[C@@H]1OC1C[C@H](C)[C@@H](O)[C@H](O[C@H]2C[C@@H](O[C@H]3C[C@](C)(O)[C@H](O)[C@@H](C)O3)[C@H](O)[C@@H](C)O2)C1. The largest absolute Gasteiger partial charge is 0.465 e. The van der Waals surface area contributed by atoms with Crippen LogP contribution in [0, 0.1) is 32.6 Å². The van der Waals surface area contributed by atoms with Gasteiger partial charge in [-0.05, 0) is 131 Å². The number of aliphatic hydroxyl groups excluding tert-OH is 8. The summed E-state index contributed by atoms with van der Waals surface area (Å²) in [4.78, 5) is 14.1. The molecule has 2 aromatic rings. The number of benzene rings is 2. The van der Waals surface area contributed by atoms with Gasteiger partial charge in [0.25, 0.3) is 0 Å². The standard InChI is InChI=1S/C56H84O20/c1-22-13-34(17-38(47(22)59)74-43-20-40(51(63)30(9)70-43)76-44-21-56(11,66)55(65)31(10)71-44)72-53-26(5)46-25(4)45-24(3)23(2)37(16-33(45)14-32(46)15-35(53)54(67-12)52(64)48(60)27(6)57)73-42-19-39(50(62)29(8)69-42)75-41-18-36(58)49(61)28(7)68-41/h14,16,22,27-31,34-36,38-44,47-51,53-55,57-63,65-66H,5,13,15,17-21H2,1-4,6-12H3/t22-,27+,28+,29+,30+,31+,34?,35+,36+,38+,39+,40+,41-,42-,43-,44-,47+,48-,49+,50+,51+,53+,54-,55+,56-/m0/s1. The number of carbonyl (C=O) groups is 1. The van der Waals surface area contributed by atoms with Crippen LogP contribution in [0.5, 0.6) is 5.75 Å². The lowest BCUT2D eigenvalue weighted by Gasteiger charge is -2.46. The first-order valence-corrected chi connectivity index (χ1v) is 27.1. The molecule has 4 aliphatic heterocycles. The number of hydrogen-bond acceptors (Lipinski definition) is 20. The summed E-state index contributed by atoms with van der Waals surface area (Å²) in [5.74, 6) is -1.26. The first-order chi connectivity index (χ1) is 35.7. The molecule has 25 atom stereocenters. The van der Waals surface area contributed by atoms with Crippen molar-refractivity contribution < 1.29 is 98.1 Å². The highest BCUT2D eigenvalue weighted by Gasteiger charge is 2.50. The van der Waals surface area contributed by atoms with E-state index in [1.165, 1.54) is 21.0 Å². The van der Waals surface area contributed by atoms with E-state index in [0.717, 1.165) is 38.6 Å². The van der Waals surface area contributed by atoms with Gasteiger partial charge in [-0.1, -0.05) is 19.6 Å². The first-order valence-electron chi connectivity index (χ1n) is 27.1. The second-order valence-electron chi connectivity index (χ2n) is 23.0. The Bertz CT molecular complexity index is 2350. The van der Waals surface area contributed by atoms with Crippen LogP contribution in [-0.4, -0.2) is 199 Å². The van der Waals surface area contributed by atoms with Gasteiger partial charge in [0.1, 0.15) is 42.4 Å². The number of ether oxygens (including phenoxy) is 10. The lowest BCUT2D eigenvalue weighted by molar-refractivity contribution is -0.325. The van der Waals surface area contributed by atoms with Crippen LogP contribution in [0.1, 0.15) is 115 Å². The molecule has 20 nitrogen and oxygen atoms in total. The Morgan fingerprint density at radius 2 is 1.25 bits per heavy atom. The third-order valence-electron chi connectivity index (χ3n) is 17.1. The molecule has 9 N–H and O–H groups in total. The van der Waals surface area contributed by atoms with E-state index in [-0.39, 0.29) is 44.4 Å². The highest BCUT2D eigenvalue weighted by molar-refractivity contribution is 5.97. The third kappa shape index (κ3) is 12.1. The summed E-state index contributed by atoms with van der Waals surface area (Å²) >= 11 is 0. The van der Waals surface area contributed by atoms with Crippen LogP contribution in [0.25, 0.3) is 16.3 Å². The molecule has 1 unspecified atom stereocenters. The number of aliphatic hydroxyl groups is 9. The molecule has 0 bridgehead atoms. The van der Waals surface area contributed by atoms with Crippen molar-refractivity contribution >= 4 is 22.1 Å². The van der Waals surface area contributed by atoms with Gasteiger partial charge in [-0.3, -0.25) is 4.79 Å². The zero-order chi connectivity index (χ0) is 55.6. The summed E-state index contributed by atoms with van der Waals surface area (Å²) in [5, 5.41) is 99.0. The number of Topliss-reactive ketones (excluding diaryl/α,β-unsaturated/α-hetero) is 1. The molecule has 4 heterocycles. The molecule has 5 fully saturated rings. The smallest absolute Gasteiger partial charge is 0.202 e. The predicted octanol–water partition coefficient (Wildman–Crippen LogP) is 2.45. The Morgan fingerprint density at radius 3 is 1.84 bits per heavy atom. The van der Waals surface area contributed by atoms with Crippen LogP contribution in [0.3, 0.4) is 0 Å². The lowest BCUT2D eigenvalue weighted by atomic mass is 9.72. The molecule has 0 spiro atoms. The summed E-state index contributed by atoms with van der Waals surface area (Å²) in [6.07, 6.45) is -19.8. The van der Waals surface area contributed by atoms with Crippen LogP contribution < -0.4 is 4.74 Å². The molecule has 2 aliphatic carbocycles. The Kier molecular flexibility index (Phi) is 18.5. The van der Waals surface area contributed by atoms with Crippen molar-refractivity contribution in [2.24, 2.45) is 11.8 Å². The molecule has 428 valence electrons. The molecule has 76 heavy (non-hydrogen) atoms. The summed E-state index contributed by atoms with van der Waals surface area (Å²) < 4.78 is 62.5. The minimum absolute atomic E-state index is 0.0290. The van der Waals surface area contributed by atoms with E-state index in [9.17, 15) is 50.8 Å². The molecule has 0 radical (unpaired) electrons. The Morgan fingerprint density at radius 1 is 0.697 bits per heavy atom. The quantitative estimate of drug-likeness (QED) is 0.124. The van der Waals surface area contributed by atoms with Crippen molar-refractivity contribution in [3.8, 4) is 5.75 Å². The fourth-order valence-corrected chi connectivity index (χ4v) is 12.6. The first kappa shape index (κ1) is 59.3. The van der Waals surface area contributed by atoms with Crippen molar-refractivity contribution in [3.63, 3.8) is 0 Å². The second kappa shape index (κ2) is 23.7. The molecule has 1 saturated carbocycles.